The minimum atomic E-state index is -2.90. The van der Waals surface area contributed by atoms with Crippen molar-refractivity contribution in [3.8, 4) is 6.01 Å². The Labute approximate surface area is 237 Å². The third-order valence-electron chi connectivity index (χ3n) is 7.69. The van der Waals surface area contributed by atoms with Crippen LogP contribution in [0.2, 0.25) is 0 Å². The molecule has 2 aliphatic heterocycles. The molecule has 10 nitrogen and oxygen atoms in total. The summed E-state index contributed by atoms with van der Waals surface area (Å²) >= 11 is 0. The van der Waals surface area contributed by atoms with Gasteiger partial charge in [0.1, 0.15) is 30.2 Å². The number of benzene rings is 2. The molecule has 0 amide bonds. The van der Waals surface area contributed by atoms with Crippen molar-refractivity contribution in [2.24, 2.45) is 0 Å². The molecule has 0 saturated carbocycles. The summed E-state index contributed by atoms with van der Waals surface area (Å²) in [5, 5.41) is 10.9. The fourth-order valence-corrected chi connectivity index (χ4v) is 5.83. The summed E-state index contributed by atoms with van der Waals surface area (Å²) in [7, 11) is 0. The highest BCUT2D eigenvalue weighted by Crippen LogP contribution is 2.39. The maximum Gasteiger partial charge on any atom is 0.298 e. The number of hydrogen-bond donors (Lipinski definition) is 1. The van der Waals surface area contributed by atoms with Crippen LogP contribution >= 0.6 is 0 Å². The van der Waals surface area contributed by atoms with Crippen LogP contribution in [0.15, 0.2) is 52.9 Å². The van der Waals surface area contributed by atoms with Crippen molar-refractivity contribution in [3.63, 3.8) is 0 Å². The van der Waals surface area contributed by atoms with Crippen LogP contribution < -0.4 is 9.64 Å². The SMILES string of the molecule is C=O.OC[C@@H]1C[C@H](Oc2nc3ccccc3n2[C@@H]2CCOCC2F)CN1c1nc(C(F)F)nc2c1oc1ccccc12. The Kier molecular flexibility index (Phi) is 7.69. The first kappa shape index (κ1) is 27.9. The van der Waals surface area contributed by atoms with E-state index < -0.39 is 36.6 Å². The predicted octanol–water partition coefficient (Wildman–Crippen LogP) is 4.80. The van der Waals surface area contributed by atoms with Gasteiger partial charge < -0.3 is 28.7 Å². The molecule has 7 rings (SSSR count). The van der Waals surface area contributed by atoms with Gasteiger partial charge in [-0.25, -0.2) is 23.1 Å². The Hall–Kier alpha value is -4.23. The van der Waals surface area contributed by atoms with Crippen LogP contribution in [0.5, 0.6) is 6.01 Å². The van der Waals surface area contributed by atoms with Gasteiger partial charge in [0.05, 0.1) is 42.9 Å². The van der Waals surface area contributed by atoms with Crippen molar-refractivity contribution in [1.29, 1.82) is 0 Å². The molecule has 0 bridgehead atoms. The van der Waals surface area contributed by atoms with Crippen molar-refractivity contribution in [2.45, 2.75) is 43.6 Å². The normalized spacial score (nSPS) is 22.6. The first-order valence-electron chi connectivity index (χ1n) is 13.5. The third-order valence-corrected chi connectivity index (χ3v) is 7.69. The number of furan rings is 1. The molecular weight excluding hydrogens is 555 g/mol. The number of fused-ring (bicyclic) bond motifs is 4. The second kappa shape index (κ2) is 11.6. The van der Waals surface area contributed by atoms with Crippen LogP contribution in [0.3, 0.4) is 0 Å². The summed E-state index contributed by atoms with van der Waals surface area (Å²) in [6.07, 6.45) is -3.78. The van der Waals surface area contributed by atoms with E-state index in [2.05, 4.69) is 15.0 Å². The average molecular weight is 584 g/mol. The highest BCUT2D eigenvalue weighted by molar-refractivity contribution is 6.05. The smallest absolute Gasteiger partial charge is 0.298 e. The summed E-state index contributed by atoms with van der Waals surface area (Å²) in [6, 6.07) is 13.8. The highest BCUT2D eigenvalue weighted by Gasteiger charge is 2.38. The number of hydrogen-bond acceptors (Lipinski definition) is 9. The lowest BCUT2D eigenvalue weighted by molar-refractivity contribution is -0.0980. The Morgan fingerprint density at radius 2 is 1.88 bits per heavy atom. The van der Waals surface area contributed by atoms with Crippen LogP contribution in [0.1, 0.15) is 31.1 Å². The second-order valence-corrected chi connectivity index (χ2v) is 10.1. The first-order valence-corrected chi connectivity index (χ1v) is 13.5. The maximum absolute atomic E-state index is 15.0. The largest absolute Gasteiger partial charge is 0.459 e. The molecule has 5 aromatic rings. The number of carbonyl (C=O) groups excluding carboxylic acids is 1. The number of rotatable bonds is 6. The number of aromatic nitrogens is 4. The number of para-hydroxylation sites is 3. The topological polar surface area (TPSA) is 116 Å². The van der Waals surface area contributed by atoms with Crippen LogP contribution in [-0.4, -0.2) is 76.1 Å². The van der Waals surface area contributed by atoms with Gasteiger partial charge >= 0.3 is 0 Å². The summed E-state index contributed by atoms with van der Waals surface area (Å²) in [5.41, 5.74) is 2.47. The molecule has 2 aromatic carbocycles. The van der Waals surface area contributed by atoms with Crippen LogP contribution in [0.4, 0.5) is 19.0 Å². The summed E-state index contributed by atoms with van der Waals surface area (Å²) in [6.45, 7) is 2.37. The number of aliphatic hydroxyl groups excluding tert-OH is 1. The zero-order valence-electron chi connectivity index (χ0n) is 22.4. The fourth-order valence-electron chi connectivity index (χ4n) is 5.83. The molecule has 0 aliphatic carbocycles. The molecule has 5 heterocycles. The van der Waals surface area contributed by atoms with Crippen LogP contribution in [-0.2, 0) is 9.53 Å². The van der Waals surface area contributed by atoms with Gasteiger partial charge in [0.25, 0.3) is 12.4 Å². The van der Waals surface area contributed by atoms with E-state index in [4.69, 9.17) is 18.7 Å². The number of carbonyl (C=O) groups is 1. The molecule has 2 aliphatic rings. The molecule has 2 fully saturated rings. The second-order valence-electron chi connectivity index (χ2n) is 10.1. The molecule has 3 aromatic heterocycles. The Morgan fingerprint density at radius 1 is 1.10 bits per heavy atom. The number of halogens is 3. The molecule has 0 radical (unpaired) electrons. The molecule has 1 N–H and O–H groups in total. The van der Waals surface area contributed by atoms with Gasteiger partial charge in [0, 0.05) is 18.4 Å². The fraction of sp³-hybridized carbons (Fsp3) is 0.379. The van der Waals surface area contributed by atoms with Crippen molar-refractivity contribution in [3.05, 3.63) is 54.4 Å². The molecule has 4 atom stereocenters. The maximum atomic E-state index is 15.0. The summed E-state index contributed by atoms with van der Waals surface area (Å²) in [5.74, 6) is -0.450. The standard InChI is InChI=1S/C28H26F3N5O4.CH2O/c29-18-14-38-10-9-20(18)36-21-7-3-2-6-19(21)32-28(36)39-16-11-15(13-37)35(12-16)27-24-23(33-26(34-27)25(30)31)17-5-1-4-8-22(17)40-24;1-2/h1-8,15-16,18,20,25,37H,9-14H2;1H2/t15-,16-,18?,20+;/m0./s1. The average Bonchev–Trinajstić information content (AvgIpc) is 3.71. The zero-order chi connectivity index (χ0) is 29.4. The lowest BCUT2D eigenvalue weighted by atomic mass is 10.1. The van der Waals surface area contributed by atoms with E-state index in [-0.39, 0.29) is 42.7 Å². The van der Waals surface area contributed by atoms with Gasteiger partial charge in [-0.3, -0.25) is 4.57 Å². The predicted molar refractivity (Wildman–Crippen MR) is 148 cm³/mol. The number of anilines is 1. The molecule has 13 heteroatoms. The minimum absolute atomic E-state index is 0.00587. The molecule has 1 unspecified atom stereocenters. The highest BCUT2D eigenvalue weighted by atomic mass is 19.3. The minimum Gasteiger partial charge on any atom is -0.459 e. The van der Waals surface area contributed by atoms with Gasteiger partial charge in [-0.15, -0.1) is 0 Å². The van der Waals surface area contributed by atoms with E-state index in [9.17, 15) is 13.9 Å². The Balaban J connectivity index is 0.00000155. The van der Waals surface area contributed by atoms with E-state index in [1.54, 1.807) is 33.7 Å². The first-order chi connectivity index (χ1) is 20.5. The van der Waals surface area contributed by atoms with E-state index in [0.717, 1.165) is 5.52 Å². The van der Waals surface area contributed by atoms with Gasteiger partial charge in [-0.05, 0) is 30.7 Å². The molecule has 0 spiro atoms. The number of nitrogens with zero attached hydrogens (tertiary/aromatic N) is 5. The molecule has 42 heavy (non-hydrogen) atoms. The lowest BCUT2D eigenvalue weighted by Gasteiger charge is -2.29. The van der Waals surface area contributed by atoms with Gasteiger partial charge in [0.15, 0.2) is 17.2 Å². The van der Waals surface area contributed by atoms with Crippen molar-refractivity contribution in [2.75, 3.05) is 31.3 Å². The third kappa shape index (κ3) is 4.81. The summed E-state index contributed by atoms with van der Waals surface area (Å²) in [4.78, 5) is 22.7. The number of aliphatic hydroxyl groups is 1. The van der Waals surface area contributed by atoms with E-state index in [0.29, 0.717) is 35.9 Å². The molecular formula is C29H28F3N5O5. The van der Waals surface area contributed by atoms with Gasteiger partial charge in [-0.2, -0.15) is 4.98 Å². The van der Waals surface area contributed by atoms with Gasteiger partial charge in [-0.1, -0.05) is 24.3 Å². The zero-order valence-corrected chi connectivity index (χ0v) is 22.4. The number of alkyl halides is 3. The van der Waals surface area contributed by atoms with Crippen LogP contribution in [0.25, 0.3) is 33.1 Å². The van der Waals surface area contributed by atoms with E-state index in [1.807, 2.05) is 31.1 Å². The van der Waals surface area contributed by atoms with Crippen molar-refractivity contribution < 1.29 is 37.0 Å². The van der Waals surface area contributed by atoms with E-state index in [1.165, 1.54) is 0 Å². The van der Waals surface area contributed by atoms with Crippen molar-refractivity contribution in [1.82, 2.24) is 19.5 Å². The van der Waals surface area contributed by atoms with Gasteiger partial charge in [0.2, 0.25) is 0 Å². The van der Waals surface area contributed by atoms with Crippen LogP contribution in [0, 0.1) is 0 Å². The number of imidazole rings is 1. The number of ether oxygens (including phenoxy) is 2. The lowest BCUT2D eigenvalue weighted by Crippen LogP contribution is -2.34. The Morgan fingerprint density at radius 3 is 2.67 bits per heavy atom. The quantitative estimate of drug-likeness (QED) is 0.301. The molecule has 2 saturated heterocycles. The summed E-state index contributed by atoms with van der Waals surface area (Å²) < 4.78 is 62.3. The van der Waals surface area contributed by atoms with Crippen molar-refractivity contribution >= 4 is 45.7 Å². The Bertz CT molecular complexity index is 1710. The molecule has 220 valence electrons. The van der Waals surface area contributed by atoms with E-state index >= 15 is 4.39 Å². The monoisotopic (exact) mass is 583 g/mol.